The number of carbonyl (C=O) groups excluding carboxylic acids is 2. The molecule has 0 aliphatic rings. The number of esters is 2. The van der Waals surface area contributed by atoms with Gasteiger partial charge in [0.25, 0.3) is 0 Å². The zero-order valence-corrected chi connectivity index (χ0v) is 36.8. The Hall–Kier alpha value is -2.03. The zero-order chi connectivity index (χ0) is 41.1. The number of rotatable bonds is 42. The highest BCUT2D eigenvalue weighted by Gasteiger charge is 2.25. The van der Waals surface area contributed by atoms with Crippen molar-refractivity contribution in [2.24, 2.45) is 5.73 Å². The molecule has 2 atom stereocenters. The predicted molar refractivity (Wildman–Crippen MR) is 233 cm³/mol. The predicted octanol–water partition coefficient (Wildman–Crippen LogP) is 13.1. The molecule has 0 aromatic rings. The van der Waals surface area contributed by atoms with Gasteiger partial charge in [0.2, 0.25) is 0 Å². The van der Waals surface area contributed by atoms with Crippen LogP contribution in [0.2, 0.25) is 0 Å². The van der Waals surface area contributed by atoms with Gasteiger partial charge in [-0.2, -0.15) is 0 Å². The van der Waals surface area contributed by atoms with Gasteiger partial charge in [-0.25, -0.2) is 4.57 Å². The van der Waals surface area contributed by atoms with Crippen molar-refractivity contribution in [2.75, 3.05) is 26.4 Å². The Morgan fingerprint density at radius 1 is 0.536 bits per heavy atom. The fraction of sp³-hybridized carbons (Fsp3) is 0.783. The van der Waals surface area contributed by atoms with E-state index in [1.165, 1.54) is 116 Å². The van der Waals surface area contributed by atoms with E-state index >= 15 is 0 Å². The standard InChI is InChI=1S/C46H84NO8P/c1-3-5-7-9-11-13-15-17-18-19-20-21-22-23-24-25-27-28-30-32-34-36-38-45(48)52-42-44(43-54-56(50,51)53-41-40-47)55-46(49)39-37-35-33-31-29-26-16-14-12-10-8-6-4-2/h19-20,22-23,26,29,33,35,44H,3-18,21,24-25,27-28,30-32,34,36-43,47H2,1-2H3,(H,50,51)/b20-19+,23-22+,29-26+,35-33+. The van der Waals surface area contributed by atoms with Crippen LogP contribution in [0.15, 0.2) is 48.6 Å². The molecule has 0 heterocycles. The molecule has 2 unspecified atom stereocenters. The molecule has 0 aliphatic carbocycles. The third kappa shape index (κ3) is 41.6. The van der Waals surface area contributed by atoms with Crippen LogP contribution >= 0.6 is 7.82 Å². The Morgan fingerprint density at radius 2 is 0.964 bits per heavy atom. The second-order valence-corrected chi connectivity index (χ2v) is 16.4. The monoisotopic (exact) mass is 810 g/mol. The van der Waals surface area contributed by atoms with Gasteiger partial charge in [-0.3, -0.25) is 18.6 Å². The van der Waals surface area contributed by atoms with Gasteiger partial charge >= 0.3 is 19.8 Å². The minimum atomic E-state index is -4.39. The van der Waals surface area contributed by atoms with E-state index in [4.69, 9.17) is 24.3 Å². The average Bonchev–Trinajstić information content (AvgIpc) is 3.18. The molecule has 0 aliphatic heterocycles. The number of nitrogens with two attached hydrogens (primary N) is 1. The number of ether oxygens (including phenoxy) is 2. The molecule has 56 heavy (non-hydrogen) atoms. The van der Waals surface area contributed by atoms with Crippen LogP contribution in [-0.4, -0.2) is 49.3 Å². The van der Waals surface area contributed by atoms with Crippen molar-refractivity contribution in [3.05, 3.63) is 48.6 Å². The normalized spacial score (nSPS) is 13.7. The zero-order valence-electron chi connectivity index (χ0n) is 35.9. The molecule has 0 radical (unpaired) electrons. The number of phosphoric acid groups is 1. The molecule has 0 spiro atoms. The highest BCUT2D eigenvalue weighted by atomic mass is 31.2. The van der Waals surface area contributed by atoms with E-state index in [0.29, 0.717) is 12.8 Å². The molecule has 10 heteroatoms. The molecule has 0 saturated carbocycles. The van der Waals surface area contributed by atoms with Gasteiger partial charge in [0.15, 0.2) is 6.10 Å². The number of hydrogen-bond acceptors (Lipinski definition) is 8. The molecule has 3 N–H and O–H groups in total. The van der Waals surface area contributed by atoms with Gasteiger partial charge in [0.1, 0.15) is 6.61 Å². The maximum atomic E-state index is 12.5. The van der Waals surface area contributed by atoms with Gasteiger partial charge in [-0.15, -0.1) is 0 Å². The summed E-state index contributed by atoms with van der Waals surface area (Å²) in [7, 11) is -4.39. The first-order chi connectivity index (χ1) is 27.3. The lowest BCUT2D eigenvalue weighted by atomic mass is 10.1. The molecule has 0 rings (SSSR count). The first kappa shape index (κ1) is 54.0. The fourth-order valence-electron chi connectivity index (χ4n) is 6.07. The number of allylic oxidation sites excluding steroid dienone is 8. The van der Waals surface area contributed by atoms with Crippen molar-refractivity contribution in [3.63, 3.8) is 0 Å². The minimum Gasteiger partial charge on any atom is -0.462 e. The van der Waals surface area contributed by atoms with E-state index in [-0.39, 0.29) is 32.6 Å². The molecular formula is C46H84NO8P. The van der Waals surface area contributed by atoms with Crippen LogP contribution in [-0.2, 0) is 32.7 Å². The highest BCUT2D eigenvalue weighted by molar-refractivity contribution is 7.47. The summed E-state index contributed by atoms with van der Waals surface area (Å²) in [4.78, 5) is 34.8. The smallest absolute Gasteiger partial charge is 0.462 e. The molecule has 0 fully saturated rings. The Balaban J connectivity index is 4.15. The molecule has 9 nitrogen and oxygen atoms in total. The van der Waals surface area contributed by atoms with Crippen molar-refractivity contribution < 1.29 is 37.6 Å². The topological polar surface area (TPSA) is 134 Å². The first-order valence-electron chi connectivity index (χ1n) is 22.6. The summed E-state index contributed by atoms with van der Waals surface area (Å²) in [5.41, 5.74) is 5.34. The number of carbonyl (C=O) groups is 2. The van der Waals surface area contributed by atoms with Crippen LogP contribution in [0.3, 0.4) is 0 Å². The van der Waals surface area contributed by atoms with E-state index in [9.17, 15) is 19.0 Å². The van der Waals surface area contributed by atoms with Crippen LogP contribution in [0, 0.1) is 0 Å². The third-order valence-corrected chi connectivity index (χ3v) is 10.4. The largest absolute Gasteiger partial charge is 0.472 e. The average molecular weight is 810 g/mol. The third-order valence-electron chi connectivity index (χ3n) is 9.45. The maximum Gasteiger partial charge on any atom is 0.472 e. The first-order valence-corrected chi connectivity index (χ1v) is 24.1. The summed E-state index contributed by atoms with van der Waals surface area (Å²) in [6.07, 6.45) is 48.8. The van der Waals surface area contributed by atoms with E-state index in [2.05, 4.69) is 50.3 Å². The van der Waals surface area contributed by atoms with Crippen molar-refractivity contribution in [1.82, 2.24) is 0 Å². The van der Waals surface area contributed by atoms with Crippen LogP contribution in [0.1, 0.15) is 200 Å². The second kappa shape index (κ2) is 42.6. The van der Waals surface area contributed by atoms with E-state index in [1.54, 1.807) is 0 Å². The van der Waals surface area contributed by atoms with E-state index in [0.717, 1.165) is 44.9 Å². The molecular weight excluding hydrogens is 725 g/mol. The van der Waals surface area contributed by atoms with Crippen LogP contribution < -0.4 is 5.73 Å². The maximum absolute atomic E-state index is 12.5. The SMILES string of the molecule is CCCCCCCC/C=C/C/C=C/CCC(=O)OC(COC(=O)CCCCCCCCC/C=C/C/C=C/CCCCCCCCCC)COP(=O)(O)OCCN. The highest BCUT2D eigenvalue weighted by Crippen LogP contribution is 2.43. The Kier molecular flexibility index (Phi) is 41.0. The summed E-state index contributed by atoms with van der Waals surface area (Å²) < 4.78 is 32.7. The fourth-order valence-corrected chi connectivity index (χ4v) is 6.84. The number of hydrogen-bond donors (Lipinski definition) is 2. The molecule has 0 amide bonds. The molecule has 0 saturated heterocycles. The summed E-state index contributed by atoms with van der Waals surface area (Å²) in [6, 6.07) is 0. The summed E-state index contributed by atoms with van der Waals surface area (Å²) in [6.45, 7) is 3.65. The van der Waals surface area contributed by atoms with Gasteiger partial charge in [-0.1, -0.05) is 172 Å². The van der Waals surface area contributed by atoms with Gasteiger partial charge in [-0.05, 0) is 64.2 Å². The lowest BCUT2D eigenvalue weighted by molar-refractivity contribution is -0.161. The van der Waals surface area contributed by atoms with Gasteiger partial charge in [0, 0.05) is 19.4 Å². The Labute approximate surface area is 343 Å². The van der Waals surface area contributed by atoms with Crippen molar-refractivity contribution >= 4 is 19.8 Å². The minimum absolute atomic E-state index is 0.0434. The van der Waals surface area contributed by atoms with Gasteiger partial charge in [0.05, 0.1) is 13.2 Å². The molecule has 0 aromatic heterocycles. The van der Waals surface area contributed by atoms with Crippen LogP contribution in [0.4, 0.5) is 0 Å². The quantitative estimate of drug-likeness (QED) is 0.0267. The van der Waals surface area contributed by atoms with Crippen LogP contribution in [0.5, 0.6) is 0 Å². The molecule has 326 valence electrons. The van der Waals surface area contributed by atoms with Crippen LogP contribution in [0.25, 0.3) is 0 Å². The summed E-state index contributed by atoms with van der Waals surface area (Å²) in [5.74, 6) is -0.916. The van der Waals surface area contributed by atoms with E-state index < -0.39 is 32.5 Å². The van der Waals surface area contributed by atoms with Gasteiger partial charge < -0.3 is 20.1 Å². The molecule has 0 bridgehead atoms. The van der Waals surface area contributed by atoms with E-state index in [1.807, 2.05) is 12.2 Å². The van der Waals surface area contributed by atoms with Crippen molar-refractivity contribution in [3.8, 4) is 0 Å². The second-order valence-electron chi connectivity index (χ2n) is 14.9. The summed E-state index contributed by atoms with van der Waals surface area (Å²) in [5, 5.41) is 0. The van der Waals surface area contributed by atoms with Crippen molar-refractivity contribution in [2.45, 2.75) is 206 Å². The lowest BCUT2D eigenvalue weighted by Crippen LogP contribution is -2.29. The number of phosphoric ester groups is 1. The van der Waals surface area contributed by atoms with Crippen molar-refractivity contribution in [1.29, 1.82) is 0 Å². The molecule has 0 aromatic carbocycles. The lowest BCUT2D eigenvalue weighted by Gasteiger charge is -2.19. The number of unbranched alkanes of at least 4 members (excludes halogenated alkanes) is 21. The Morgan fingerprint density at radius 3 is 1.43 bits per heavy atom. The Bertz CT molecular complexity index is 1060. The summed E-state index contributed by atoms with van der Waals surface area (Å²) >= 11 is 0.